The van der Waals surface area contributed by atoms with E-state index < -0.39 is 135 Å². The average Bonchev–Trinajstić information content (AvgIpc) is 2.94. The molecule has 0 rings (SSSR count). The summed E-state index contributed by atoms with van der Waals surface area (Å²) < 4.78 is 88.7. The molecule has 0 aliphatic carbocycles. The van der Waals surface area contributed by atoms with Crippen LogP contribution in [0.3, 0.4) is 0 Å². The molecule has 0 spiro atoms. The topological polar surface area (TPSA) is 111 Å². The molecule has 0 aromatic heterocycles. The quantitative estimate of drug-likeness (QED) is 0.0564. The van der Waals surface area contributed by atoms with Crippen molar-refractivity contribution in [2.45, 2.75) is 265 Å². The zero-order valence-corrected chi connectivity index (χ0v) is 68.3. The van der Waals surface area contributed by atoms with Gasteiger partial charge in [-0.15, -0.1) is 0 Å². The molecule has 0 aliphatic rings. The van der Waals surface area contributed by atoms with Gasteiger partial charge < -0.3 is 49.4 Å². The second kappa shape index (κ2) is 25.6. The van der Waals surface area contributed by atoms with Crippen LogP contribution in [-0.2, 0) is 49.4 Å². The summed E-state index contributed by atoms with van der Waals surface area (Å²) in [6.07, 6.45) is 0.629. The van der Waals surface area contributed by atoms with Gasteiger partial charge in [-0.25, -0.2) is 0 Å². The van der Waals surface area contributed by atoms with Crippen LogP contribution in [0.5, 0.6) is 0 Å². The Morgan fingerprint density at radius 2 is 0.314 bits per heavy atom. The van der Waals surface area contributed by atoms with Crippen molar-refractivity contribution >= 4 is 135 Å². The largest absolute Gasteiger partial charge is 0.469 e. The summed E-state index contributed by atoms with van der Waals surface area (Å²) >= 11 is 0. The fourth-order valence-corrected chi connectivity index (χ4v) is 75.7. The first-order valence-electron chi connectivity index (χ1n) is 26.4. The van der Waals surface area contributed by atoms with Crippen LogP contribution in [0.2, 0.25) is 258 Å². The third kappa shape index (κ3) is 34.8. The fraction of sp³-hybridized carbons (Fsp3) is 0.976. The van der Waals surface area contributed by atoms with Crippen LogP contribution >= 0.6 is 0 Å². The van der Waals surface area contributed by atoms with E-state index in [4.69, 9.17) is 49.4 Å². The molecule has 0 saturated heterocycles. The Bertz CT molecular complexity index is 1280. The van der Waals surface area contributed by atoms with Crippen molar-refractivity contribution in [1.82, 2.24) is 0 Å². The molecule has 1 radical (unpaired) electrons. The maximum Gasteiger partial charge on any atom is 0.469 e. The normalized spacial score (nSPS) is 15.9. The second-order valence-corrected chi connectivity index (χ2v) is 97.7. The predicted molar refractivity (Wildman–Crippen MR) is 342 cm³/mol. The Morgan fingerprint density at radius 3 is 0.429 bits per heavy atom. The van der Waals surface area contributed by atoms with Crippen molar-refractivity contribution in [3.8, 4) is 0 Å². The first-order chi connectivity index (χ1) is 30.2. The predicted octanol–water partition coefficient (Wildman–Crippen LogP) is 16.3. The van der Waals surface area contributed by atoms with E-state index in [0.29, 0.717) is 30.6 Å². The number of hydrogen-bond donors (Lipinski definition) is 0. The van der Waals surface area contributed by atoms with E-state index in [1.165, 1.54) is 0 Å². The molecular weight excluding hydrogens is 1150 g/mol. The molecule has 0 bridgehead atoms. The SMILES string of the molecule is [CH2]CC[Si](O[Si](C)(C)CC[Si](O[Si](C)(C)C)(O[Si](C)(C)C)O[Si](C)(C)C)(O[Si](C)(C)CC[Si](O[Si](C)(C)C)(O[Si](C)(C)C)O[Si](C)(C)C)O[Si](C)(C)CC[Si](O[Si](C)(C)C)(O[Si](C)(C)C)O[Si](C)(C)C. The highest BCUT2D eigenvalue weighted by Crippen LogP contribution is 2.41. The zero-order chi connectivity index (χ0) is 56.1. The summed E-state index contributed by atoms with van der Waals surface area (Å²) in [5, 5.41) is 0. The molecule has 12 nitrogen and oxygen atoms in total. The Morgan fingerprint density at radius 1 is 0.186 bits per heavy atom. The van der Waals surface area contributed by atoms with Gasteiger partial charge in [0.25, 0.3) is 0 Å². The summed E-state index contributed by atoms with van der Waals surface area (Å²) in [6.45, 7) is 79.5. The Hall–Kier alpha value is 2.99. The third-order valence-corrected chi connectivity index (χ3v) is 62.1. The maximum atomic E-state index is 7.90. The Labute approximate surface area is 452 Å². The van der Waals surface area contributed by atoms with E-state index >= 15 is 0 Å². The zero-order valence-electron chi connectivity index (χ0n) is 52.3. The van der Waals surface area contributed by atoms with Crippen molar-refractivity contribution in [3.05, 3.63) is 6.92 Å². The molecule has 0 aromatic carbocycles. The van der Waals surface area contributed by atoms with Crippen molar-refractivity contribution < 1.29 is 49.4 Å². The van der Waals surface area contributed by atoms with E-state index in [0.717, 1.165) is 18.1 Å². The van der Waals surface area contributed by atoms with E-state index in [-0.39, 0.29) is 0 Å². The first kappa shape index (κ1) is 73.0. The highest BCUT2D eigenvalue weighted by atomic mass is 28.5. The molecule has 0 aromatic rings. The number of hydrogen-bond acceptors (Lipinski definition) is 12. The Kier molecular flexibility index (Phi) is 26.7. The van der Waals surface area contributed by atoms with Crippen LogP contribution in [0.1, 0.15) is 6.42 Å². The van der Waals surface area contributed by atoms with Gasteiger partial charge in [-0.2, -0.15) is 0 Å². The third-order valence-electron chi connectivity index (χ3n) is 9.03. The van der Waals surface area contributed by atoms with E-state index in [9.17, 15) is 0 Å². The lowest BCUT2D eigenvalue weighted by Crippen LogP contribution is -2.64. The van der Waals surface area contributed by atoms with Crippen molar-refractivity contribution in [2.75, 3.05) is 0 Å². The molecule has 0 atom stereocenters. The van der Waals surface area contributed by atoms with Crippen LogP contribution in [0.15, 0.2) is 0 Å². The van der Waals surface area contributed by atoms with Gasteiger partial charge in [0.2, 0.25) is 0 Å². The van der Waals surface area contributed by atoms with E-state index in [1.54, 1.807) is 0 Å². The van der Waals surface area contributed by atoms with Gasteiger partial charge in [0.05, 0.1) is 0 Å². The molecule has 70 heavy (non-hydrogen) atoms. The summed E-state index contributed by atoms with van der Waals surface area (Å²) in [5.41, 5.74) is 0. The van der Waals surface area contributed by atoms with Gasteiger partial charge in [0, 0.05) is 24.2 Å². The monoisotopic (exact) mass is 1260 g/mol. The van der Waals surface area contributed by atoms with Crippen molar-refractivity contribution in [1.29, 1.82) is 0 Å². The molecule has 28 heteroatoms. The Balaban J connectivity index is 8.05. The molecule has 0 heterocycles. The average molecular weight is 1260 g/mol. The smallest absolute Gasteiger partial charge is 0.417 e. The van der Waals surface area contributed by atoms with Gasteiger partial charge in [-0.1, -0.05) is 6.92 Å². The lowest BCUT2D eigenvalue weighted by atomic mass is 10.6. The van der Waals surface area contributed by atoms with Gasteiger partial charge in [0.1, 0.15) is 0 Å². The summed E-state index contributed by atoms with van der Waals surface area (Å²) in [5.74, 6) is 0. The molecular formula is C42H117O12Si16. The maximum absolute atomic E-state index is 7.90. The van der Waals surface area contributed by atoms with Crippen molar-refractivity contribution in [3.63, 3.8) is 0 Å². The molecule has 0 saturated carbocycles. The second-order valence-electron chi connectivity index (χ2n) is 30.4. The minimum Gasteiger partial charge on any atom is -0.417 e. The van der Waals surface area contributed by atoms with Crippen LogP contribution in [0, 0.1) is 6.92 Å². The van der Waals surface area contributed by atoms with Crippen LogP contribution < -0.4 is 0 Å². The summed E-state index contributed by atoms with van der Waals surface area (Å²) in [4.78, 5) is 0. The van der Waals surface area contributed by atoms with Gasteiger partial charge in [0.15, 0.2) is 99.8 Å². The molecule has 421 valence electrons. The highest BCUT2D eigenvalue weighted by molar-refractivity contribution is 6.95. The standard InChI is InChI=1S/C42H117O12Si16/c1-35-36-67(52-64(29,30)37-40-68(43-55(2,3)4,44-56(5,6)7)45-57(8,9)10,53-65(31,32)38-41-69(46-58(11,12)13,47-59(14,15)16)48-60(17,18)19)54-66(33,34)39-42-70(49-61(20,21)22,50-62(23,24)25)51-63(26,27)28/h1,35-42H2,2-34H3. The lowest BCUT2D eigenvalue weighted by Gasteiger charge is -2.48. The summed E-state index contributed by atoms with van der Waals surface area (Å²) in [6, 6.07) is 5.12. The molecule has 0 fully saturated rings. The fourth-order valence-electron chi connectivity index (χ4n) is 8.06. The molecule has 0 aliphatic heterocycles. The van der Waals surface area contributed by atoms with Crippen molar-refractivity contribution in [2.24, 2.45) is 0 Å². The van der Waals surface area contributed by atoms with E-state index in [2.05, 4.69) is 223 Å². The van der Waals surface area contributed by atoms with Gasteiger partial charge >= 0.3 is 35.2 Å². The van der Waals surface area contributed by atoms with Crippen LogP contribution in [-0.4, -0.2) is 135 Å². The molecule has 0 N–H and O–H groups in total. The molecule has 0 amide bonds. The molecule has 0 unspecified atom stereocenters. The summed E-state index contributed by atoms with van der Waals surface area (Å²) in [7, 11) is -39.9. The van der Waals surface area contributed by atoms with Gasteiger partial charge in [-0.05, 0) is 241 Å². The van der Waals surface area contributed by atoms with Gasteiger partial charge in [-0.3, -0.25) is 0 Å². The highest BCUT2D eigenvalue weighted by Gasteiger charge is 2.58. The van der Waals surface area contributed by atoms with Crippen LogP contribution in [0.25, 0.3) is 0 Å². The minimum absolute atomic E-state index is 0.622. The van der Waals surface area contributed by atoms with Crippen LogP contribution in [0.4, 0.5) is 0 Å². The number of rotatable bonds is 35. The minimum atomic E-state index is -3.53. The van der Waals surface area contributed by atoms with E-state index in [1.807, 2.05) is 0 Å². The lowest BCUT2D eigenvalue weighted by molar-refractivity contribution is 0.236. The first-order valence-corrected chi connectivity index (χ1v) is 74.1.